The van der Waals surface area contributed by atoms with E-state index >= 15 is 0 Å². The molecule has 0 saturated carbocycles. The summed E-state index contributed by atoms with van der Waals surface area (Å²) in [5.41, 5.74) is 1.93. The molecule has 2 rings (SSSR count). The number of benzene rings is 2. The fourth-order valence-electron chi connectivity index (χ4n) is 2.20. The molecule has 0 spiro atoms. The summed E-state index contributed by atoms with van der Waals surface area (Å²) in [6.45, 7) is 2.82. The van der Waals surface area contributed by atoms with Gasteiger partial charge in [-0.05, 0) is 48.0 Å². The van der Waals surface area contributed by atoms with Gasteiger partial charge in [0.2, 0.25) is 0 Å². The zero-order valence-corrected chi connectivity index (χ0v) is 13.1. The van der Waals surface area contributed by atoms with Gasteiger partial charge in [-0.1, -0.05) is 35.0 Å². The van der Waals surface area contributed by atoms with Gasteiger partial charge in [0.05, 0.1) is 13.2 Å². The van der Waals surface area contributed by atoms with E-state index in [1.807, 2.05) is 37.3 Å². The molecule has 4 heteroatoms. The van der Waals surface area contributed by atoms with E-state index in [2.05, 4.69) is 21.2 Å². The minimum atomic E-state index is -0.250. The largest absolute Gasteiger partial charge is 0.497 e. The maximum Gasteiger partial charge on any atom is 0.124 e. The second-order valence-corrected chi connectivity index (χ2v) is 5.39. The lowest BCUT2D eigenvalue weighted by Gasteiger charge is -2.20. The second kappa shape index (κ2) is 6.86. The summed E-state index contributed by atoms with van der Waals surface area (Å²) in [6.07, 6.45) is 0. The van der Waals surface area contributed by atoms with Gasteiger partial charge in [0, 0.05) is 4.47 Å². The van der Waals surface area contributed by atoms with Gasteiger partial charge < -0.3 is 10.1 Å². The summed E-state index contributed by atoms with van der Waals surface area (Å²) < 4.78 is 19.6. The molecular formula is C16H17BrFNO. The summed E-state index contributed by atoms with van der Waals surface area (Å²) in [7, 11) is 1.64. The Bertz CT molecular complexity index is 568. The van der Waals surface area contributed by atoms with E-state index in [4.69, 9.17) is 4.74 Å². The van der Waals surface area contributed by atoms with Crippen LogP contribution < -0.4 is 10.1 Å². The van der Waals surface area contributed by atoms with Crippen LogP contribution in [0.25, 0.3) is 0 Å². The lowest BCUT2D eigenvalue weighted by atomic mass is 9.98. The molecular weight excluding hydrogens is 321 g/mol. The Hall–Kier alpha value is -1.39. The highest BCUT2D eigenvalue weighted by Gasteiger charge is 2.15. The molecule has 1 N–H and O–H groups in total. The Morgan fingerprint density at radius 1 is 1.20 bits per heavy atom. The first kappa shape index (κ1) is 15.0. The fourth-order valence-corrected chi connectivity index (χ4v) is 2.68. The number of hydrogen-bond acceptors (Lipinski definition) is 2. The number of rotatable bonds is 5. The first-order chi connectivity index (χ1) is 9.63. The Morgan fingerprint density at radius 3 is 2.65 bits per heavy atom. The topological polar surface area (TPSA) is 21.3 Å². The summed E-state index contributed by atoms with van der Waals surface area (Å²) >= 11 is 3.34. The van der Waals surface area contributed by atoms with Crippen molar-refractivity contribution in [2.45, 2.75) is 13.0 Å². The molecule has 106 valence electrons. The molecule has 0 aliphatic rings. The van der Waals surface area contributed by atoms with Gasteiger partial charge in [0.25, 0.3) is 0 Å². The SMILES string of the molecule is CCNC(c1cc(F)cc(Br)c1)c1cccc(OC)c1. The summed E-state index contributed by atoms with van der Waals surface area (Å²) in [5.74, 6) is 0.543. The molecule has 1 atom stereocenters. The van der Waals surface area contributed by atoms with Crippen molar-refractivity contribution < 1.29 is 9.13 Å². The highest BCUT2D eigenvalue weighted by molar-refractivity contribution is 9.10. The van der Waals surface area contributed by atoms with Gasteiger partial charge in [0.1, 0.15) is 11.6 Å². The van der Waals surface area contributed by atoms with Gasteiger partial charge >= 0.3 is 0 Å². The van der Waals surface area contributed by atoms with Crippen LogP contribution in [-0.4, -0.2) is 13.7 Å². The standard InChI is InChI=1S/C16H17BrFNO/c1-3-19-16(11-5-4-6-15(9-11)20-2)12-7-13(17)10-14(18)8-12/h4-10,16,19H,3H2,1-2H3. The highest BCUT2D eigenvalue weighted by atomic mass is 79.9. The quantitative estimate of drug-likeness (QED) is 0.878. The van der Waals surface area contributed by atoms with E-state index in [0.717, 1.165) is 27.9 Å². The molecule has 0 bridgehead atoms. The first-order valence-corrected chi connectivity index (χ1v) is 7.26. The number of ether oxygens (including phenoxy) is 1. The molecule has 0 aliphatic heterocycles. The normalized spacial score (nSPS) is 12.2. The molecule has 2 aromatic carbocycles. The average molecular weight is 338 g/mol. The Balaban J connectivity index is 2.43. The van der Waals surface area contributed by atoms with Crippen molar-refractivity contribution >= 4 is 15.9 Å². The zero-order chi connectivity index (χ0) is 14.5. The van der Waals surface area contributed by atoms with Crippen molar-refractivity contribution in [2.24, 2.45) is 0 Å². The predicted octanol–water partition coefficient (Wildman–Crippen LogP) is 4.30. The third-order valence-electron chi connectivity index (χ3n) is 3.05. The third-order valence-corrected chi connectivity index (χ3v) is 3.51. The van der Waals surface area contributed by atoms with E-state index in [0.29, 0.717) is 0 Å². The average Bonchev–Trinajstić information content (AvgIpc) is 2.43. The van der Waals surface area contributed by atoms with Crippen LogP contribution in [0.15, 0.2) is 46.9 Å². The van der Waals surface area contributed by atoms with Gasteiger partial charge in [-0.3, -0.25) is 0 Å². The number of nitrogens with one attached hydrogen (secondary N) is 1. The number of halogens is 2. The molecule has 0 fully saturated rings. The first-order valence-electron chi connectivity index (χ1n) is 6.47. The molecule has 0 radical (unpaired) electrons. The smallest absolute Gasteiger partial charge is 0.124 e. The van der Waals surface area contributed by atoms with Crippen LogP contribution in [-0.2, 0) is 0 Å². The van der Waals surface area contributed by atoms with Crippen molar-refractivity contribution in [3.63, 3.8) is 0 Å². The molecule has 2 nitrogen and oxygen atoms in total. The van der Waals surface area contributed by atoms with Crippen LogP contribution in [0.5, 0.6) is 5.75 Å². The van der Waals surface area contributed by atoms with E-state index < -0.39 is 0 Å². The van der Waals surface area contributed by atoms with Crippen molar-refractivity contribution in [1.29, 1.82) is 0 Å². The second-order valence-electron chi connectivity index (χ2n) is 4.47. The Morgan fingerprint density at radius 2 is 2.00 bits per heavy atom. The van der Waals surface area contributed by atoms with Gasteiger partial charge in [0.15, 0.2) is 0 Å². The molecule has 20 heavy (non-hydrogen) atoms. The van der Waals surface area contributed by atoms with E-state index in [1.54, 1.807) is 13.2 Å². The van der Waals surface area contributed by atoms with E-state index in [1.165, 1.54) is 6.07 Å². The predicted molar refractivity (Wildman–Crippen MR) is 82.6 cm³/mol. The summed E-state index contributed by atoms with van der Waals surface area (Å²) in [5, 5.41) is 3.38. The van der Waals surface area contributed by atoms with Gasteiger partial charge in [-0.15, -0.1) is 0 Å². The minimum Gasteiger partial charge on any atom is -0.497 e. The monoisotopic (exact) mass is 337 g/mol. The van der Waals surface area contributed by atoms with Crippen LogP contribution in [0.3, 0.4) is 0 Å². The Labute approximate surface area is 127 Å². The van der Waals surface area contributed by atoms with Crippen molar-refractivity contribution in [3.8, 4) is 5.75 Å². The molecule has 0 heterocycles. The van der Waals surface area contributed by atoms with Crippen LogP contribution in [0, 0.1) is 5.82 Å². The van der Waals surface area contributed by atoms with Crippen LogP contribution >= 0.6 is 15.9 Å². The molecule has 1 unspecified atom stereocenters. The molecule has 0 saturated heterocycles. The molecule has 0 aromatic heterocycles. The summed E-state index contributed by atoms with van der Waals surface area (Å²) in [6, 6.07) is 12.7. The number of methoxy groups -OCH3 is 1. The molecule has 0 aliphatic carbocycles. The van der Waals surface area contributed by atoms with Gasteiger partial charge in [-0.2, -0.15) is 0 Å². The third kappa shape index (κ3) is 3.58. The maximum absolute atomic E-state index is 13.6. The van der Waals surface area contributed by atoms with Crippen molar-refractivity contribution in [1.82, 2.24) is 5.32 Å². The number of hydrogen-bond donors (Lipinski definition) is 1. The lowest BCUT2D eigenvalue weighted by molar-refractivity contribution is 0.413. The lowest BCUT2D eigenvalue weighted by Crippen LogP contribution is -2.22. The summed E-state index contributed by atoms with van der Waals surface area (Å²) in [4.78, 5) is 0. The van der Waals surface area contributed by atoms with Crippen LogP contribution in [0.4, 0.5) is 4.39 Å². The maximum atomic E-state index is 13.6. The van der Waals surface area contributed by atoms with E-state index in [9.17, 15) is 4.39 Å². The van der Waals surface area contributed by atoms with Crippen LogP contribution in [0.2, 0.25) is 0 Å². The molecule has 2 aromatic rings. The highest BCUT2D eigenvalue weighted by Crippen LogP contribution is 2.27. The minimum absolute atomic E-state index is 0.0675. The van der Waals surface area contributed by atoms with Crippen LogP contribution in [0.1, 0.15) is 24.1 Å². The molecule has 0 amide bonds. The fraction of sp³-hybridized carbons (Fsp3) is 0.250. The van der Waals surface area contributed by atoms with Crippen molar-refractivity contribution in [3.05, 3.63) is 63.9 Å². The van der Waals surface area contributed by atoms with Crippen molar-refractivity contribution in [2.75, 3.05) is 13.7 Å². The Kier molecular flexibility index (Phi) is 5.15. The van der Waals surface area contributed by atoms with Gasteiger partial charge in [-0.25, -0.2) is 4.39 Å². The van der Waals surface area contributed by atoms with E-state index in [-0.39, 0.29) is 11.9 Å². The zero-order valence-electron chi connectivity index (χ0n) is 11.5.